The summed E-state index contributed by atoms with van der Waals surface area (Å²) in [5.74, 6) is 0.594. The van der Waals surface area contributed by atoms with E-state index in [-0.39, 0.29) is 5.92 Å². The summed E-state index contributed by atoms with van der Waals surface area (Å²) >= 11 is 1.46. The SMILES string of the molecule is N[C@@H](CSCC1CCCC1=O)C(=O)O. The highest BCUT2D eigenvalue weighted by Crippen LogP contribution is 2.24. The minimum absolute atomic E-state index is 0.140. The number of hydrogen-bond acceptors (Lipinski definition) is 4. The molecule has 4 nitrogen and oxygen atoms in total. The summed E-state index contributed by atoms with van der Waals surface area (Å²) in [6.07, 6.45) is 2.62. The monoisotopic (exact) mass is 217 g/mol. The molecule has 1 rings (SSSR count). The second-order valence-corrected chi connectivity index (χ2v) is 4.61. The van der Waals surface area contributed by atoms with E-state index in [1.54, 1.807) is 0 Å². The first kappa shape index (κ1) is 11.5. The van der Waals surface area contributed by atoms with Crippen molar-refractivity contribution in [2.45, 2.75) is 25.3 Å². The Morgan fingerprint density at radius 2 is 2.43 bits per heavy atom. The minimum atomic E-state index is -0.977. The molecule has 1 unspecified atom stereocenters. The van der Waals surface area contributed by atoms with E-state index in [1.165, 1.54) is 11.8 Å². The van der Waals surface area contributed by atoms with E-state index in [0.29, 0.717) is 18.0 Å². The normalized spacial score (nSPS) is 23.8. The summed E-state index contributed by atoms with van der Waals surface area (Å²) < 4.78 is 0. The van der Waals surface area contributed by atoms with E-state index >= 15 is 0 Å². The number of thioether (sulfide) groups is 1. The molecule has 1 fully saturated rings. The van der Waals surface area contributed by atoms with E-state index < -0.39 is 12.0 Å². The number of Topliss-reactive ketones (excluding diaryl/α,β-unsaturated/α-hetero) is 1. The average molecular weight is 217 g/mol. The zero-order valence-electron chi connectivity index (χ0n) is 7.94. The van der Waals surface area contributed by atoms with Gasteiger partial charge in [0, 0.05) is 23.8 Å². The number of carboxylic acid groups (broad SMARTS) is 1. The van der Waals surface area contributed by atoms with Crippen molar-refractivity contribution in [1.29, 1.82) is 0 Å². The summed E-state index contributed by atoms with van der Waals surface area (Å²) in [6.45, 7) is 0. The van der Waals surface area contributed by atoms with Crippen LogP contribution in [-0.2, 0) is 9.59 Å². The van der Waals surface area contributed by atoms with Gasteiger partial charge in [-0.2, -0.15) is 11.8 Å². The van der Waals surface area contributed by atoms with Crippen molar-refractivity contribution < 1.29 is 14.7 Å². The number of nitrogens with two attached hydrogens (primary N) is 1. The molecule has 3 N–H and O–H groups in total. The molecule has 5 heteroatoms. The van der Waals surface area contributed by atoms with Gasteiger partial charge in [-0.1, -0.05) is 0 Å². The van der Waals surface area contributed by atoms with Gasteiger partial charge in [0.05, 0.1) is 0 Å². The van der Waals surface area contributed by atoms with E-state index in [2.05, 4.69) is 0 Å². The number of hydrogen-bond donors (Lipinski definition) is 2. The van der Waals surface area contributed by atoms with Gasteiger partial charge < -0.3 is 10.8 Å². The predicted molar refractivity (Wildman–Crippen MR) is 55.3 cm³/mol. The highest BCUT2D eigenvalue weighted by Gasteiger charge is 2.24. The summed E-state index contributed by atoms with van der Waals surface area (Å²) in [7, 11) is 0. The highest BCUT2D eigenvalue weighted by atomic mass is 32.2. The fraction of sp³-hybridized carbons (Fsp3) is 0.778. The Labute approximate surface area is 87.2 Å². The van der Waals surface area contributed by atoms with Gasteiger partial charge in [0.1, 0.15) is 11.8 Å². The molecule has 0 aromatic heterocycles. The number of rotatable bonds is 5. The largest absolute Gasteiger partial charge is 0.480 e. The quantitative estimate of drug-likeness (QED) is 0.701. The lowest BCUT2D eigenvalue weighted by Gasteiger charge is -2.09. The maximum atomic E-state index is 11.2. The van der Waals surface area contributed by atoms with Crippen molar-refractivity contribution in [3.63, 3.8) is 0 Å². The number of carbonyl (C=O) groups is 2. The maximum Gasteiger partial charge on any atom is 0.321 e. The van der Waals surface area contributed by atoms with E-state index in [4.69, 9.17) is 10.8 Å². The third-order valence-corrected chi connectivity index (χ3v) is 3.60. The average Bonchev–Trinajstić information content (AvgIpc) is 2.51. The highest BCUT2D eigenvalue weighted by molar-refractivity contribution is 7.99. The summed E-state index contributed by atoms with van der Waals surface area (Å²) in [5.41, 5.74) is 5.33. The maximum absolute atomic E-state index is 11.2. The molecule has 80 valence electrons. The first-order valence-corrected chi connectivity index (χ1v) is 5.85. The van der Waals surface area contributed by atoms with Crippen LogP contribution >= 0.6 is 11.8 Å². The number of aliphatic carboxylic acids is 1. The molecule has 0 aliphatic heterocycles. The summed E-state index contributed by atoms with van der Waals surface area (Å²) in [4.78, 5) is 21.6. The lowest BCUT2D eigenvalue weighted by molar-refractivity contribution is -0.137. The van der Waals surface area contributed by atoms with Crippen molar-refractivity contribution in [2.75, 3.05) is 11.5 Å². The molecule has 0 aromatic rings. The van der Waals surface area contributed by atoms with Crippen LogP contribution in [-0.4, -0.2) is 34.4 Å². The zero-order chi connectivity index (χ0) is 10.6. The van der Waals surface area contributed by atoms with Gasteiger partial charge in [0.15, 0.2) is 0 Å². The Balaban J connectivity index is 2.15. The molecular formula is C9H15NO3S. The van der Waals surface area contributed by atoms with Gasteiger partial charge >= 0.3 is 5.97 Å². The number of carboxylic acids is 1. The lowest BCUT2D eigenvalue weighted by atomic mass is 10.1. The van der Waals surface area contributed by atoms with E-state index in [9.17, 15) is 9.59 Å². The fourth-order valence-corrected chi connectivity index (χ4v) is 2.64. The molecule has 0 amide bonds. The molecule has 0 saturated heterocycles. The van der Waals surface area contributed by atoms with Gasteiger partial charge in [-0.25, -0.2) is 0 Å². The van der Waals surface area contributed by atoms with Crippen LogP contribution in [0.15, 0.2) is 0 Å². The lowest BCUT2D eigenvalue weighted by Crippen LogP contribution is -2.32. The smallest absolute Gasteiger partial charge is 0.321 e. The van der Waals surface area contributed by atoms with Crippen LogP contribution in [0, 0.1) is 5.92 Å². The second-order valence-electron chi connectivity index (χ2n) is 3.54. The van der Waals surface area contributed by atoms with Crippen molar-refractivity contribution in [3.05, 3.63) is 0 Å². The molecule has 1 saturated carbocycles. The molecular weight excluding hydrogens is 202 g/mol. The van der Waals surface area contributed by atoms with Crippen LogP contribution in [0.5, 0.6) is 0 Å². The predicted octanol–water partition coefficient (Wildman–Crippen LogP) is 0.501. The third-order valence-electron chi connectivity index (χ3n) is 2.36. The van der Waals surface area contributed by atoms with Gasteiger partial charge in [-0.15, -0.1) is 0 Å². The molecule has 0 aromatic carbocycles. The van der Waals surface area contributed by atoms with Crippen LogP contribution in [0.2, 0.25) is 0 Å². The van der Waals surface area contributed by atoms with Crippen LogP contribution < -0.4 is 5.73 Å². The molecule has 2 atom stereocenters. The van der Waals surface area contributed by atoms with E-state index in [0.717, 1.165) is 18.6 Å². The van der Waals surface area contributed by atoms with E-state index in [1.807, 2.05) is 0 Å². The molecule has 0 spiro atoms. The van der Waals surface area contributed by atoms with Crippen LogP contribution in [0.25, 0.3) is 0 Å². The fourth-order valence-electron chi connectivity index (χ4n) is 1.47. The van der Waals surface area contributed by atoms with Crippen molar-refractivity contribution in [2.24, 2.45) is 11.7 Å². The van der Waals surface area contributed by atoms with Crippen molar-refractivity contribution >= 4 is 23.5 Å². The summed E-state index contributed by atoms with van der Waals surface area (Å²) in [5, 5.41) is 8.52. The molecule has 0 bridgehead atoms. The first-order valence-electron chi connectivity index (χ1n) is 4.70. The van der Waals surface area contributed by atoms with Gasteiger partial charge in [0.25, 0.3) is 0 Å². The number of ketones is 1. The van der Waals surface area contributed by atoms with Gasteiger partial charge in [0.2, 0.25) is 0 Å². The Kier molecular flexibility index (Phi) is 4.41. The van der Waals surface area contributed by atoms with Gasteiger partial charge in [-0.3, -0.25) is 9.59 Å². The molecule has 1 aliphatic carbocycles. The summed E-state index contributed by atoms with van der Waals surface area (Å²) in [6, 6.07) is -0.809. The Hall–Kier alpha value is -0.550. The Bertz CT molecular complexity index is 232. The van der Waals surface area contributed by atoms with Crippen molar-refractivity contribution in [1.82, 2.24) is 0 Å². The van der Waals surface area contributed by atoms with Crippen LogP contribution in [0.1, 0.15) is 19.3 Å². The third kappa shape index (κ3) is 3.31. The second kappa shape index (κ2) is 5.36. The van der Waals surface area contributed by atoms with Gasteiger partial charge in [-0.05, 0) is 12.8 Å². The minimum Gasteiger partial charge on any atom is -0.480 e. The molecule has 1 aliphatic rings. The first-order chi connectivity index (χ1) is 6.61. The van der Waals surface area contributed by atoms with Crippen LogP contribution in [0.4, 0.5) is 0 Å². The van der Waals surface area contributed by atoms with Crippen molar-refractivity contribution in [3.8, 4) is 0 Å². The standard InChI is InChI=1S/C9H15NO3S/c10-7(9(12)13)5-14-4-6-2-1-3-8(6)11/h6-7H,1-5,10H2,(H,12,13)/t6?,7-/m0/s1. The molecule has 14 heavy (non-hydrogen) atoms. The molecule has 0 heterocycles. The molecule has 0 radical (unpaired) electrons. The number of carbonyl (C=O) groups excluding carboxylic acids is 1. The Morgan fingerprint density at radius 1 is 1.71 bits per heavy atom. The zero-order valence-corrected chi connectivity index (χ0v) is 8.76. The van der Waals surface area contributed by atoms with Crippen LogP contribution in [0.3, 0.4) is 0 Å². The topological polar surface area (TPSA) is 80.4 Å². The Morgan fingerprint density at radius 3 is 2.93 bits per heavy atom.